The number of aromatic nitrogens is 2. The first-order chi connectivity index (χ1) is 13.9. The summed E-state index contributed by atoms with van der Waals surface area (Å²) < 4.78 is 5.15. The summed E-state index contributed by atoms with van der Waals surface area (Å²) >= 11 is 0. The molecule has 0 radical (unpaired) electrons. The summed E-state index contributed by atoms with van der Waals surface area (Å²) in [5.74, 6) is 1.38. The van der Waals surface area contributed by atoms with Crippen molar-refractivity contribution in [2.75, 3.05) is 17.7 Å². The number of hydrogen-bond acceptors (Lipinski definition) is 6. The highest BCUT2D eigenvalue weighted by molar-refractivity contribution is 6.04. The molecule has 0 saturated carbocycles. The number of nitrogens with one attached hydrogen (secondary N) is 2. The van der Waals surface area contributed by atoms with E-state index in [1.165, 1.54) is 6.92 Å². The van der Waals surface area contributed by atoms with Crippen molar-refractivity contribution in [3.8, 4) is 5.75 Å². The minimum atomic E-state index is -0.372. The maximum Gasteiger partial charge on any atom is 0.274 e. The summed E-state index contributed by atoms with van der Waals surface area (Å²) in [5, 5.41) is 5.98. The number of amides is 1. The SMILES string of the molecule is COc1ccc(CNc2cc(C(=O)Nc3cccc(C(C)=O)c3)nc(C)n2)cc1. The number of rotatable bonds is 7. The molecule has 0 saturated heterocycles. The second-order valence-electron chi connectivity index (χ2n) is 6.48. The molecule has 1 amide bonds. The number of Topliss-reactive ketones (excluding diaryl/α,β-unsaturated/α-hetero) is 1. The molecular formula is C22H22N4O3. The predicted octanol–water partition coefficient (Wildman–Crippen LogP) is 3.86. The van der Waals surface area contributed by atoms with Gasteiger partial charge in [0.25, 0.3) is 5.91 Å². The second-order valence-corrected chi connectivity index (χ2v) is 6.48. The molecular weight excluding hydrogens is 368 g/mol. The Balaban J connectivity index is 1.71. The molecule has 0 aliphatic rings. The van der Waals surface area contributed by atoms with Gasteiger partial charge in [0.2, 0.25) is 0 Å². The first-order valence-corrected chi connectivity index (χ1v) is 9.09. The largest absolute Gasteiger partial charge is 0.497 e. The Kier molecular flexibility index (Phi) is 6.19. The number of carbonyl (C=O) groups is 2. The van der Waals surface area contributed by atoms with Crippen LogP contribution in [-0.4, -0.2) is 28.8 Å². The molecule has 0 spiro atoms. The molecule has 1 heterocycles. The second kappa shape index (κ2) is 8.97. The molecule has 0 bridgehead atoms. The molecule has 3 rings (SSSR count). The van der Waals surface area contributed by atoms with E-state index >= 15 is 0 Å². The van der Waals surface area contributed by atoms with E-state index in [2.05, 4.69) is 20.6 Å². The molecule has 0 fully saturated rings. The first kappa shape index (κ1) is 20.0. The van der Waals surface area contributed by atoms with E-state index in [0.29, 0.717) is 29.4 Å². The van der Waals surface area contributed by atoms with Crippen LogP contribution in [0.1, 0.15) is 39.2 Å². The third kappa shape index (κ3) is 5.38. The van der Waals surface area contributed by atoms with Crippen LogP contribution >= 0.6 is 0 Å². The van der Waals surface area contributed by atoms with Gasteiger partial charge >= 0.3 is 0 Å². The molecule has 2 aromatic carbocycles. The lowest BCUT2D eigenvalue weighted by Crippen LogP contribution is -2.16. The van der Waals surface area contributed by atoms with Gasteiger partial charge in [0.1, 0.15) is 23.1 Å². The zero-order valence-corrected chi connectivity index (χ0v) is 16.5. The van der Waals surface area contributed by atoms with Gasteiger partial charge < -0.3 is 15.4 Å². The van der Waals surface area contributed by atoms with Crippen molar-refractivity contribution in [2.24, 2.45) is 0 Å². The summed E-state index contributed by atoms with van der Waals surface area (Å²) in [7, 11) is 1.62. The summed E-state index contributed by atoms with van der Waals surface area (Å²) in [5.41, 5.74) is 2.35. The van der Waals surface area contributed by atoms with Crippen LogP contribution in [0.4, 0.5) is 11.5 Å². The van der Waals surface area contributed by atoms with Crippen molar-refractivity contribution < 1.29 is 14.3 Å². The Morgan fingerprint density at radius 2 is 1.79 bits per heavy atom. The van der Waals surface area contributed by atoms with Gasteiger partial charge in [-0.25, -0.2) is 9.97 Å². The van der Waals surface area contributed by atoms with Gasteiger partial charge in [-0.05, 0) is 43.7 Å². The van der Waals surface area contributed by atoms with Crippen LogP contribution in [0.2, 0.25) is 0 Å². The Labute approximate surface area is 169 Å². The zero-order valence-electron chi connectivity index (χ0n) is 16.5. The average molecular weight is 390 g/mol. The number of methoxy groups -OCH3 is 1. The van der Waals surface area contributed by atoms with E-state index in [0.717, 1.165) is 11.3 Å². The van der Waals surface area contributed by atoms with E-state index < -0.39 is 0 Å². The Bertz CT molecular complexity index is 1030. The lowest BCUT2D eigenvalue weighted by Gasteiger charge is -2.10. The Morgan fingerprint density at radius 1 is 1.03 bits per heavy atom. The number of carbonyl (C=O) groups excluding carboxylic acids is 2. The zero-order chi connectivity index (χ0) is 20.8. The van der Waals surface area contributed by atoms with E-state index in [1.54, 1.807) is 44.4 Å². The van der Waals surface area contributed by atoms with Crippen molar-refractivity contribution in [1.82, 2.24) is 9.97 Å². The number of aryl methyl sites for hydroxylation is 1. The highest BCUT2D eigenvalue weighted by Gasteiger charge is 2.12. The normalized spacial score (nSPS) is 10.3. The average Bonchev–Trinajstić information content (AvgIpc) is 2.72. The molecule has 1 aromatic heterocycles. The highest BCUT2D eigenvalue weighted by atomic mass is 16.5. The quantitative estimate of drug-likeness (QED) is 0.595. The van der Waals surface area contributed by atoms with Gasteiger partial charge in [-0.3, -0.25) is 9.59 Å². The maximum absolute atomic E-state index is 12.6. The molecule has 29 heavy (non-hydrogen) atoms. The standard InChI is InChI=1S/C22H22N4O3/c1-14(27)17-5-4-6-18(11-17)26-22(28)20-12-21(25-15(2)24-20)23-13-16-7-9-19(29-3)10-8-16/h4-12H,13H2,1-3H3,(H,26,28)(H,23,24,25). The van der Waals surface area contributed by atoms with Crippen molar-refractivity contribution >= 4 is 23.2 Å². The molecule has 2 N–H and O–H groups in total. The van der Waals surface area contributed by atoms with Crippen LogP contribution < -0.4 is 15.4 Å². The fourth-order valence-electron chi connectivity index (χ4n) is 2.72. The number of ketones is 1. The monoisotopic (exact) mass is 390 g/mol. The van der Waals surface area contributed by atoms with Crippen molar-refractivity contribution in [1.29, 1.82) is 0 Å². The summed E-state index contributed by atoms with van der Waals surface area (Å²) in [6.07, 6.45) is 0. The smallest absolute Gasteiger partial charge is 0.274 e. The fraction of sp³-hybridized carbons (Fsp3) is 0.182. The number of nitrogens with zero attached hydrogens (tertiary/aromatic N) is 2. The number of benzene rings is 2. The molecule has 0 aliphatic carbocycles. The van der Waals surface area contributed by atoms with Gasteiger partial charge in [0.05, 0.1) is 7.11 Å². The van der Waals surface area contributed by atoms with Crippen LogP contribution in [-0.2, 0) is 6.54 Å². The van der Waals surface area contributed by atoms with Gasteiger partial charge in [-0.1, -0.05) is 24.3 Å². The minimum Gasteiger partial charge on any atom is -0.497 e. The number of hydrogen-bond donors (Lipinski definition) is 2. The molecule has 148 valence electrons. The fourth-order valence-corrected chi connectivity index (χ4v) is 2.72. The van der Waals surface area contributed by atoms with Crippen LogP contribution in [0, 0.1) is 6.92 Å². The van der Waals surface area contributed by atoms with Crippen molar-refractivity contribution in [2.45, 2.75) is 20.4 Å². The summed E-state index contributed by atoms with van der Waals surface area (Å²) in [4.78, 5) is 32.7. The topological polar surface area (TPSA) is 93.2 Å². The van der Waals surface area contributed by atoms with E-state index in [4.69, 9.17) is 4.74 Å². The maximum atomic E-state index is 12.6. The van der Waals surface area contributed by atoms with Crippen molar-refractivity contribution in [3.63, 3.8) is 0 Å². The molecule has 7 nitrogen and oxygen atoms in total. The summed E-state index contributed by atoms with van der Waals surface area (Å²) in [6.45, 7) is 3.75. The molecule has 7 heteroatoms. The van der Waals surface area contributed by atoms with E-state index in [9.17, 15) is 9.59 Å². The highest BCUT2D eigenvalue weighted by Crippen LogP contribution is 2.15. The van der Waals surface area contributed by atoms with Crippen molar-refractivity contribution in [3.05, 3.63) is 77.2 Å². The van der Waals surface area contributed by atoms with Crippen LogP contribution in [0.15, 0.2) is 54.6 Å². The first-order valence-electron chi connectivity index (χ1n) is 9.09. The number of ether oxygens (including phenoxy) is 1. The van der Waals surface area contributed by atoms with Crippen LogP contribution in [0.5, 0.6) is 5.75 Å². The van der Waals surface area contributed by atoms with E-state index in [1.807, 2.05) is 24.3 Å². The molecule has 3 aromatic rings. The van der Waals surface area contributed by atoms with Crippen LogP contribution in [0.25, 0.3) is 0 Å². The predicted molar refractivity (Wildman–Crippen MR) is 111 cm³/mol. The lowest BCUT2D eigenvalue weighted by atomic mass is 10.1. The number of anilines is 2. The van der Waals surface area contributed by atoms with Crippen LogP contribution in [0.3, 0.4) is 0 Å². The Hall–Kier alpha value is -3.74. The Morgan fingerprint density at radius 3 is 2.48 bits per heavy atom. The van der Waals surface area contributed by atoms with E-state index in [-0.39, 0.29) is 17.4 Å². The van der Waals surface area contributed by atoms with Gasteiger partial charge in [0.15, 0.2) is 5.78 Å². The van der Waals surface area contributed by atoms with Gasteiger partial charge in [-0.2, -0.15) is 0 Å². The van der Waals surface area contributed by atoms with Gasteiger partial charge in [-0.15, -0.1) is 0 Å². The molecule has 0 aliphatic heterocycles. The lowest BCUT2D eigenvalue weighted by molar-refractivity contribution is 0.100. The third-order valence-electron chi connectivity index (χ3n) is 4.23. The van der Waals surface area contributed by atoms with Gasteiger partial charge in [0, 0.05) is 23.9 Å². The third-order valence-corrected chi connectivity index (χ3v) is 4.23. The minimum absolute atomic E-state index is 0.0657. The molecule has 0 atom stereocenters. The molecule has 0 unspecified atom stereocenters. The summed E-state index contributed by atoms with van der Waals surface area (Å²) in [6, 6.07) is 16.1.